The van der Waals surface area contributed by atoms with Crippen molar-refractivity contribution in [2.45, 2.75) is 34.6 Å². The van der Waals surface area contributed by atoms with Gasteiger partial charge in [-0.3, -0.25) is 0 Å². The van der Waals surface area contributed by atoms with Crippen LogP contribution in [0, 0.1) is 34.6 Å². The molecule has 0 aliphatic rings. The molecule has 16 heavy (non-hydrogen) atoms. The van der Waals surface area contributed by atoms with Crippen molar-refractivity contribution in [2.24, 2.45) is 0 Å². The molecular formula is C14H18N2. The molecule has 1 aromatic carbocycles. The third kappa shape index (κ3) is 1.64. The standard InChI is InChI=1S/C14H18N2/c1-9-6-10(2)14(11(3)7-9)16-8-15-12(4)13(16)5/h6-8H,1-5H3. The number of hydrogen-bond donors (Lipinski definition) is 0. The van der Waals surface area contributed by atoms with Crippen LogP contribution in [0.3, 0.4) is 0 Å². The van der Waals surface area contributed by atoms with Crippen molar-refractivity contribution in [3.8, 4) is 5.69 Å². The van der Waals surface area contributed by atoms with Gasteiger partial charge >= 0.3 is 0 Å². The Morgan fingerprint density at radius 3 is 1.94 bits per heavy atom. The van der Waals surface area contributed by atoms with Crippen LogP contribution in [-0.4, -0.2) is 9.55 Å². The van der Waals surface area contributed by atoms with Gasteiger partial charge in [-0.25, -0.2) is 4.98 Å². The van der Waals surface area contributed by atoms with Crippen molar-refractivity contribution in [3.05, 3.63) is 46.5 Å². The average Bonchev–Trinajstić information content (AvgIpc) is 2.48. The fraction of sp³-hybridized carbons (Fsp3) is 0.357. The molecule has 0 N–H and O–H groups in total. The van der Waals surface area contributed by atoms with E-state index in [1.165, 1.54) is 28.1 Å². The van der Waals surface area contributed by atoms with Crippen LogP contribution >= 0.6 is 0 Å². The molecule has 0 bridgehead atoms. The van der Waals surface area contributed by atoms with E-state index >= 15 is 0 Å². The first-order valence-corrected chi connectivity index (χ1v) is 5.59. The third-order valence-electron chi connectivity index (χ3n) is 3.13. The van der Waals surface area contributed by atoms with Gasteiger partial charge in [0.05, 0.1) is 17.7 Å². The van der Waals surface area contributed by atoms with E-state index in [0.29, 0.717) is 0 Å². The van der Waals surface area contributed by atoms with Crippen LogP contribution in [0.25, 0.3) is 5.69 Å². The molecule has 1 aromatic heterocycles. The van der Waals surface area contributed by atoms with Gasteiger partial charge in [0.1, 0.15) is 0 Å². The molecule has 84 valence electrons. The minimum atomic E-state index is 1.10. The van der Waals surface area contributed by atoms with E-state index in [2.05, 4.69) is 49.4 Å². The summed E-state index contributed by atoms with van der Waals surface area (Å²) < 4.78 is 2.18. The van der Waals surface area contributed by atoms with Gasteiger partial charge in [-0.15, -0.1) is 0 Å². The fourth-order valence-corrected chi connectivity index (χ4v) is 2.28. The zero-order valence-corrected chi connectivity index (χ0v) is 10.6. The summed E-state index contributed by atoms with van der Waals surface area (Å²) in [5.41, 5.74) is 7.50. The normalized spacial score (nSPS) is 10.8. The molecule has 2 heteroatoms. The first-order chi connectivity index (χ1) is 7.50. The lowest BCUT2D eigenvalue weighted by Gasteiger charge is -2.13. The molecule has 0 aliphatic heterocycles. The molecule has 0 unspecified atom stereocenters. The van der Waals surface area contributed by atoms with Crippen LogP contribution in [0.1, 0.15) is 28.1 Å². The molecule has 2 rings (SSSR count). The second-order valence-electron chi connectivity index (χ2n) is 4.53. The van der Waals surface area contributed by atoms with Crippen molar-refractivity contribution in [3.63, 3.8) is 0 Å². The summed E-state index contributed by atoms with van der Waals surface area (Å²) >= 11 is 0. The monoisotopic (exact) mass is 214 g/mol. The molecule has 2 nitrogen and oxygen atoms in total. The highest BCUT2D eigenvalue weighted by Crippen LogP contribution is 2.23. The summed E-state index contributed by atoms with van der Waals surface area (Å²) in [6.45, 7) is 10.6. The highest BCUT2D eigenvalue weighted by molar-refractivity contribution is 5.50. The van der Waals surface area contributed by atoms with Crippen molar-refractivity contribution in [2.75, 3.05) is 0 Å². The SMILES string of the molecule is Cc1cc(C)c(-n2cnc(C)c2C)c(C)c1. The zero-order chi connectivity index (χ0) is 11.9. The summed E-state index contributed by atoms with van der Waals surface area (Å²) in [5, 5.41) is 0. The minimum absolute atomic E-state index is 1.10. The zero-order valence-electron chi connectivity index (χ0n) is 10.6. The maximum absolute atomic E-state index is 4.36. The Morgan fingerprint density at radius 2 is 1.50 bits per heavy atom. The van der Waals surface area contributed by atoms with Gasteiger partial charge in [0, 0.05) is 5.69 Å². The lowest BCUT2D eigenvalue weighted by Crippen LogP contribution is -2.01. The molecule has 0 aliphatic carbocycles. The number of benzene rings is 1. The van der Waals surface area contributed by atoms with Gasteiger partial charge in [-0.1, -0.05) is 17.7 Å². The molecule has 0 atom stereocenters. The summed E-state index contributed by atoms with van der Waals surface area (Å²) in [4.78, 5) is 4.36. The predicted molar refractivity (Wildman–Crippen MR) is 67.2 cm³/mol. The third-order valence-corrected chi connectivity index (χ3v) is 3.13. The molecular weight excluding hydrogens is 196 g/mol. The second kappa shape index (κ2) is 3.78. The topological polar surface area (TPSA) is 17.8 Å². The molecule has 0 fully saturated rings. The fourth-order valence-electron chi connectivity index (χ4n) is 2.28. The Morgan fingerprint density at radius 1 is 0.938 bits per heavy atom. The molecule has 0 spiro atoms. The van der Waals surface area contributed by atoms with Gasteiger partial charge < -0.3 is 4.57 Å². The van der Waals surface area contributed by atoms with Crippen LogP contribution in [0.2, 0.25) is 0 Å². The second-order valence-corrected chi connectivity index (χ2v) is 4.53. The van der Waals surface area contributed by atoms with Crippen molar-refractivity contribution in [1.82, 2.24) is 9.55 Å². The largest absolute Gasteiger partial charge is 0.303 e. The maximum Gasteiger partial charge on any atom is 0.0997 e. The Hall–Kier alpha value is -1.57. The Labute approximate surface area is 97.0 Å². The number of aryl methyl sites for hydroxylation is 4. The Kier molecular flexibility index (Phi) is 2.58. The van der Waals surface area contributed by atoms with Gasteiger partial charge in [0.25, 0.3) is 0 Å². The van der Waals surface area contributed by atoms with Crippen LogP contribution < -0.4 is 0 Å². The van der Waals surface area contributed by atoms with E-state index in [1.807, 2.05) is 13.3 Å². The minimum Gasteiger partial charge on any atom is -0.303 e. The van der Waals surface area contributed by atoms with E-state index in [0.717, 1.165) is 5.69 Å². The predicted octanol–water partition coefficient (Wildman–Crippen LogP) is 3.41. The Balaban J connectivity index is 2.69. The average molecular weight is 214 g/mol. The van der Waals surface area contributed by atoms with Crippen molar-refractivity contribution >= 4 is 0 Å². The number of nitrogens with zero attached hydrogens (tertiary/aromatic N) is 2. The molecule has 2 aromatic rings. The van der Waals surface area contributed by atoms with Crippen LogP contribution in [-0.2, 0) is 0 Å². The van der Waals surface area contributed by atoms with E-state index in [4.69, 9.17) is 0 Å². The first kappa shape index (κ1) is 10.9. The van der Waals surface area contributed by atoms with Crippen LogP contribution in [0.15, 0.2) is 18.5 Å². The number of aromatic nitrogens is 2. The van der Waals surface area contributed by atoms with Crippen molar-refractivity contribution in [1.29, 1.82) is 0 Å². The summed E-state index contributed by atoms with van der Waals surface area (Å²) in [5.74, 6) is 0. The summed E-state index contributed by atoms with van der Waals surface area (Å²) in [7, 11) is 0. The summed E-state index contributed by atoms with van der Waals surface area (Å²) in [6.07, 6.45) is 1.91. The molecule has 0 radical (unpaired) electrons. The summed E-state index contributed by atoms with van der Waals surface area (Å²) in [6, 6.07) is 4.44. The number of hydrogen-bond acceptors (Lipinski definition) is 1. The highest BCUT2D eigenvalue weighted by atomic mass is 15.1. The lowest BCUT2D eigenvalue weighted by atomic mass is 10.0. The first-order valence-electron chi connectivity index (χ1n) is 5.59. The number of rotatable bonds is 1. The molecule has 0 saturated carbocycles. The number of imidazole rings is 1. The van der Waals surface area contributed by atoms with E-state index in [-0.39, 0.29) is 0 Å². The van der Waals surface area contributed by atoms with E-state index < -0.39 is 0 Å². The highest BCUT2D eigenvalue weighted by Gasteiger charge is 2.09. The molecule has 0 amide bonds. The van der Waals surface area contributed by atoms with Gasteiger partial charge in [-0.2, -0.15) is 0 Å². The van der Waals surface area contributed by atoms with Crippen molar-refractivity contribution < 1.29 is 0 Å². The van der Waals surface area contributed by atoms with Crippen LogP contribution in [0.4, 0.5) is 0 Å². The van der Waals surface area contributed by atoms with Gasteiger partial charge in [0.15, 0.2) is 0 Å². The van der Waals surface area contributed by atoms with E-state index in [9.17, 15) is 0 Å². The quantitative estimate of drug-likeness (QED) is 0.711. The van der Waals surface area contributed by atoms with Gasteiger partial charge in [0.2, 0.25) is 0 Å². The Bertz CT molecular complexity index is 513. The van der Waals surface area contributed by atoms with Gasteiger partial charge in [-0.05, 0) is 45.7 Å². The lowest BCUT2D eigenvalue weighted by molar-refractivity contribution is 0.972. The van der Waals surface area contributed by atoms with Crippen LogP contribution in [0.5, 0.6) is 0 Å². The molecule has 0 saturated heterocycles. The van der Waals surface area contributed by atoms with E-state index in [1.54, 1.807) is 0 Å². The molecule has 1 heterocycles. The maximum atomic E-state index is 4.36. The smallest absolute Gasteiger partial charge is 0.0997 e.